The molecule has 0 aliphatic rings. The molecule has 0 aliphatic heterocycles. The molecule has 0 spiro atoms. The summed E-state index contributed by atoms with van der Waals surface area (Å²) >= 11 is 5.83. The smallest absolute Gasteiger partial charge is 0.416 e. The average Bonchev–Trinajstić information content (AvgIpc) is 2.87. The van der Waals surface area contributed by atoms with Crippen LogP contribution in [0.25, 0.3) is 0 Å². The molecule has 3 aromatic carbocycles. The largest absolute Gasteiger partial charge is 0.457 e. The first kappa shape index (κ1) is 28.4. The maximum absolute atomic E-state index is 12.8. The van der Waals surface area contributed by atoms with Crippen molar-refractivity contribution in [3.63, 3.8) is 0 Å². The van der Waals surface area contributed by atoms with E-state index in [2.05, 4.69) is 5.32 Å². The Bertz CT molecular complexity index is 1340. The third kappa shape index (κ3) is 8.17. The van der Waals surface area contributed by atoms with Gasteiger partial charge < -0.3 is 14.8 Å². The predicted octanol–water partition coefficient (Wildman–Crippen LogP) is 6.03. The minimum atomic E-state index is -4.62. The first-order chi connectivity index (χ1) is 17.9. The van der Waals surface area contributed by atoms with E-state index >= 15 is 0 Å². The van der Waals surface area contributed by atoms with Crippen LogP contribution in [0.4, 0.5) is 18.9 Å². The SMILES string of the molecule is Cc1ccc(C(=O)Oc2ccc(C(=O)COC(=O)CCC(=O)Nc3cc(C(F)(F)F)ccc3Cl)cc2)cc1. The van der Waals surface area contributed by atoms with E-state index in [9.17, 15) is 32.3 Å². The Morgan fingerprint density at radius 1 is 0.868 bits per heavy atom. The number of nitrogens with one attached hydrogen (secondary N) is 1. The molecule has 0 heterocycles. The van der Waals surface area contributed by atoms with Gasteiger partial charge >= 0.3 is 18.1 Å². The van der Waals surface area contributed by atoms with Crippen molar-refractivity contribution in [3.8, 4) is 5.75 Å². The molecule has 1 N–H and O–H groups in total. The van der Waals surface area contributed by atoms with Gasteiger partial charge in [0.1, 0.15) is 5.75 Å². The Hall–Kier alpha value is -4.18. The number of ether oxygens (including phenoxy) is 2. The van der Waals surface area contributed by atoms with Crippen LogP contribution in [-0.2, 0) is 20.5 Å². The fourth-order valence-corrected chi connectivity index (χ4v) is 3.26. The van der Waals surface area contributed by atoms with E-state index in [0.29, 0.717) is 11.6 Å². The van der Waals surface area contributed by atoms with Crippen molar-refractivity contribution in [2.75, 3.05) is 11.9 Å². The predicted molar refractivity (Wildman–Crippen MR) is 132 cm³/mol. The Morgan fingerprint density at radius 3 is 2.13 bits per heavy atom. The van der Waals surface area contributed by atoms with Gasteiger partial charge in [0, 0.05) is 12.0 Å². The number of rotatable bonds is 9. The highest BCUT2D eigenvalue weighted by atomic mass is 35.5. The second-order valence-corrected chi connectivity index (χ2v) is 8.51. The van der Waals surface area contributed by atoms with E-state index in [1.165, 1.54) is 24.3 Å². The number of amides is 1. The topological polar surface area (TPSA) is 98.8 Å². The molecular formula is C27H21ClF3NO6. The minimum absolute atomic E-state index is 0.101. The quantitative estimate of drug-likeness (QED) is 0.199. The van der Waals surface area contributed by atoms with Crippen molar-refractivity contribution in [2.45, 2.75) is 25.9 Å². The molecule has 3 rings (SSSR count). The van der Waals surface area contributed by atoms with Gasteiger partial charge in [-0.25, -0.2) is 4.79 Å². The van der Waals surface area contributed by atoms with Crippen LogP contribution in [-0.4, -0.2) is 30.2 Å². The van der Waals surface area contributed by atoms with Gasteiger partial charge in [-0.05, 0) is 61.5 Å². The second kappa shape index (κ2) is 12.4. The number of anilines is 1. The Labute approximate surface area is 220 Å². The lowest BCUT2D eigenvalue weighted by molar-refractivity contribution is -0.143. The average molecular weight is 548 g/mol. The van der Waals surface area contributed by atoms with Crippen LogP contribution < -0.4 is 10.1 Å². The number of esters is 2. The van der Waals surface area contributed by atoms with Crippen molar-refractivity contribution in [1.82, 2.24) is 0 Å². The lowest BCUT2D eigenvalue weighted by Gasteiger charge is -2.11. The van der Waals surface area contributed by atoms with Gasteiger partial charge in [-0.1, -0.05) is 29.3 Å². The van der Waals surface area contributed by atoms with Crippen LogP contribution in [0.2, 0.25) is 5.02 Å². The Balaban J connectivity index is 1.44. The van der Waals surface area contributed by atoms with Crippen LogP contribution >= 0.6 is 11.6 Å². The summed E-state index contributed by atoms with van der Waals surface area (Å²) in [7, 11) is 0. The zero-order valence-electron chi connectivity index (χ0n) is 19.9. The number of benzene rings is 3. The highest BCUT2D eigenvalue weighted by molar-refractivity contribution is 6.33. The van der Waals surface area contributed by atoms with E-state index < -0.39 is 54.8 Å². The number of aryl methyl sites for hydroxylation is 1. The van der Waals surface area contributed by atoms with Crippen LogP contribution in [0.3, 0.4) is 0 Å². The molecular weight excluding hydrogens is 527 g/mol. The maximum atomic E-state index is 12.8. The monoisotopic (exact) mass is 547 g/mol. The van der Waals surface area contributed by atoms with E-state index in [1.54, 1.807) is 24.3 Å². The van der Waals surface area contributed by atoms with Gasteiger partial charge in [-0.2, -0.15) is 13.2 Å². The number of Topliss-reactive ketones (excluding diaryl/α,β-unsaturated/α-hetero) is 1. The summed E-state index contributed by atoms with van der Waals surface area (Å²) in [6.07, 6.45) is -5.43. The molecule has 0 saturated carbocycles. The van der Waals surface area contributed by atoms with Crippen molar-refractivity contribution >= 4 is 40.9 Å². The van der Waals surface area contributed by atoms with Crippen molar-refractivity contribution in [3.05, 3.63) is 94.0 Å². The molecule has 0 radical (unpaired) electrons. The van der Waals surface area contributed by atoms with Crippen molar-refractivity contribution in [1.29, 1.82) is 0 Å². The van der Waals surface area contributed by atoms with Gasteiger partial charge in [-0.3, -0.25) is 14.4 Å². The minimum Gasteiger partial charge on any atom is -0.457 e. The van der Waals surface area contributed by atoms with Crippen LogP contribution in [0.15, 0.2) is 66.7 Å². The summed E-state index contributed by atoms with van der Waals surface area (Å²) in [5.41, 5.74) is 0.322. The van der Waals surface area contributed by atoms with Gasteiger partial charge in [0.25, 0.3) is 0 Å². The highest BCUT2D eigenvalue weighted by Crippen LogP contribution is 2.33. The van der Waals surface area contributed by atoms with E-state index in [-0.39, 0.29) is 22.0 Å². The molecule has 0 fully saturated rings. The third-order valence-electron chi connectivity index (χ3n) is 5.16. The molecule has 0 bridgehead atoms. The number of hydrogen-bond donors (Lipinski definition) is 1. The third-order valence-corrected chi connectivity index (χ3v) is 5.49. The zero-order valence-corrected chi connectivity index (χ0v) is 20.7. The molecule has 0 unspecified atom stereocenters. The molecule has 1 amide bonds. The number of alkyl halides is 3. The summed E-state index contributed by atoms with van der Waals surface area (Å²) in [6, 6.07) is 14.9. The molecule has 198 valence electrons. The summed E-state index contributed by atoms with van der Waals surface area (Å²) in [6.45, 7) is 1.29. The van der Waals surface area contributed by atoms with Crippen LogP contribution in [0.5, 0.6) is 5.75 Å². The number of carbonyl (C=O) groups excluding carboxylic acids is 4. The fraction of sp³-hybridized carbons (Fsp3) is 0.185. The van der Waals surface area contributed by atoms with E-state index in [1.807, 2.05) is 6.92 Å². The second-order valence-electron chi connectivity index (χ2n) is 8.10. The molecule has 0 aromatic heterocycles. The van der Waals surface area contributed by atoms with Crippen LogP contribution in [0.1, 0.15) is 44.7 Å². The number of halogens is 4. The Kier molecular flexibility index (Phi) is 9.25. The highest BCUT2D eigenvalue weighted by Gasteiger charge is 2.31. The van der Waals surface area contributed by atoms with E-state index in [0.717, 1.165) is 17.7 Å². The molecule has 0 saturated heterocycles. The normalized spacial score (nSPS) is 11.0. The van der Waals surface area contributed by atoms with Gasteiger partial charge in [-0.15, -0.1) is 0 Å². The first-order valence-corrected chi connectivity index (χ1v) is 11.5. The molecule has 38 heavy (non-hydrogen) atoms. The van der Waals surface area contributed by atoms with Gasteiger partial charge in [0.2, 0.25) is 5.91 Å². The molecule has 0 atom stereocenters. The lowest BCUT2D eigenvalue weighted by Crippen LogP contribution is -2.18. The molecule has 11 heteroatoms. The fourth-order valence-electron chi connectivity index (χ4n) is 3.09. The molecule has 0 aliphatic carbocycles. The van der Waals surface area contributed by atoms with Crippen molar-refractivity contribution < 1.29 is 41.8 Å². The zero-order chi connectivity index (χ0) is 27.9. The lowest BCUT2D eigenvalue weighted by atomic mass is 10.1. The number of ketones is 1. The maximum Gasteiger partial charge on any atom is 0.416 e. The van der Waals surface area contributed by atoms with Gasteiger partial charge in [0.15, 0.2) is 12.4 Å². The first-order valence-electron chi connectivity index (χ1n) is 11.2. The summed E-state index contributed by atoms with van der Waals surface area (Å²) in [5.74, 6) is -2.49. The Morgan fingerprint density at radius 2 is 1.50 bits per heavy atom. The van der Waals surface area contributed by atoms with Crippen molar-refractivity contribution in [2.24, 2.45) is 0 Å². The van der Waals surface area contributed by atoms with Gasteiger partial charge in [0.05, 0.1) is 28.3 Å². The molecule has 7 nitrogen and oxygen atoms in total. The summed E-state index contributed by atoms with van der Waals surface area (Å²) in [4.78, 5) is 48.4. The summed E-state index contributed by atoms with van der Waals surface area (Å²) in [5, 5.41) is 2.12. The van der Waals surface area contributed by atoms with Crippen LogP contribution in [0, 0.1) is 6.92 Å². The standard InChI is InChI=1S/C27H21ClF3NO6/c1-16-2-4-18(5-3-16)26(36)38-20-9-6-17(7-10-20)23(33)15-37-25(35)13-12-24(34)32-22-14-19(27(29,30)31)8-11-21(22)28/h2-11,14H,12-13,15H2,1H3,(H,32,34). The number of carbonyl (C=O) groups is 4. The van der Waals surface area contributed by atoms with E-state index in [4.69, 9.17) is 21.1 Å². The number of hydrogen-bond acceptors (Lipinski definition) is 6. The molecule has 3 aromatic rings. The summed E-state index contributed by atoms with van der Waals surface area (Å²) < 4.78 is 48.7.